The van der Waals surface area contributed by atoms with E-state index in [4.69, 9.17) is 14.2 Å². The van der Waals surface area contributed by atoms with Gasteiger partial charge in [-0.2, -0.15) is 0 Å². The Morgan fingerprint density at radius 1 is 0.333 bits per heavy atom. The lowest BCUT2D eigenvalue weighted by Gasteiger charge is -2.18. The molecule has 0 bridgehead atoms. The van der Waals surface area contributed by atoms with E-state index in [2.05, 4.69) is 106 Å². The van der Waals surface area contributed by atoms with Crippen molar-refractivity contribution in [3.63, 3.8) is 0 Å². The minimum Gasteiger partial charge on any atom is -0.462 e. The number of hydrogen-bond donors (Lipinski definition) is 0. The topological polar surface area (TPSA) is 78.9 Å². The Bertz CT molecular complexity index is 1240. The van der Waals surface area contributed by atoms with Gasteiger partial charge in [-0.05, 0) is 116 Å². The zero-order valence-electron chi connectivity index (χ0n) is 41.1. The molecule has 1 atom stereocenters. The highest BCUT2D eigenvalue weighted by Crippen LogP contribution is 2.13. The molecule has 0 fully saturated rings. The van der Waals surface area contributed by atoms with Crippen molar-refractivity contribution in [1.29, 1.82) is 0 Å². The molecule has 0 rings (SSSR count). The molecule has 0 saturated carbocycles. The first-order chi connectivity index (χ1) is 31.0. The van der Waals surface area contributed by atoms with Crippen LogP contribution in [0.3, 0.4) is 0 Å². The third kappa shape index (κ3) is 49.5. The average Bonchev–Trinajstić information content (AvgIpc) is 3.28. The molecule has 0 N–H and O–H groups in total. The van der Waals surface area contributed by atoms with Crippen LogP contribution < -0.4 is 0 Å². The number of unbranched alkanes of at least 4 members (excludes halogenated alkanes) is 21. The molecular weight excluding hydrogens is 781 g/mol. The van der Waals surface area contributed by atoms with Crippen LogP contribution in [-0.4, -0.2) is 37.2 Å². The summed E-state index contributed by atoms with van der Waals surface area (Å²) in [6.07, 6.45) is 65.6. The third-order valence-corrected chi connectivity index (χ3v) is 10.9. The summed E-state index contributed by atoms with van der Waals surface area (Å²) in [5, 5.41) is 0. The highest BCUT2D eigenvalue weighted by molar-refractivity contribution is 5.71. The van der Waals surface area contributed by atoms with Gasteiger partial charge in [0.05, 0.1) is 0 Å². The van der Waals surface area contributed by atoms with E-state index >= 15 is 0 Å². The van der Waals surface area contributed by atoms with Crippen LogP contribution in [0.4, 0.5) is 0 Å². The lowest BCUT2D eigenvalue weighted by Crippen LogP contribution is -2.30. The molecule has 0 saturated heterocycles. The standard InChI is InChI=1S/C57H96O6/c1-4-7-10-13-16-19-22-25-26-27-28-29-30-33-35-38-41-44-47-50-56(59)62-53-54(63-57(60)51-48-45-42-39-36-32-24-21-18-15-12-9-6-3)52-61-55(58)49-46-43-40-37-34-31-23-20-17-14-11-8-5-2/h7,10,16,19-21,23-26,28-29,33,35,54H,4-6,8-9,11-15,17-18,22,27,30-32,34,36-53H2,1-3H3/b10-7-,19-16-,23-20-,24-21-,26-25-,29-28-,35-33-/t54-/m0/s1. The number of carbonyl (C=O) groups excluding carboxylic acids is 3. The van der Waals surface area contributed by atoms with Crippen molar-refractivity contribution in [3.8, 4) is 0 Å². The van der Waals surface area contributed by atoms with Crippen LogP contribution >= 0.6 is 0 Å². The van der Waals surface area contributed by atoms with Crippen LogP contribution in [0, 0.1) is 0 Å². The highest BCUT2D eigenvalue weighted by Gasteiger charge is 2.19. The molecule has 0 spiro atoms. The van der Waals surface area contributed by atoms with Gasteiger partial charge >= 0.3 is 17.9 Å². The first-order valence-corrected chi connectivity index (χ1v) is 26.1. The molecule has 0 aliphatic heterocycles. The average molecular weight is 877 g/mol. The zero-order valence-corrected chi connectivity index (χ0v) is 41.1. The van der Waals surface area contributed by atoms with Gasteiger partial charge < -0.3 is 14.2 Å². The summed E-state index contributed by atoms with van der Waals surface area (Å²) in [5.74, 6) is -0.947. The first kappa shape index (κ1) is 59.6. The number of rotatable bonds is 46. The fourth-order valence-corrected chi connectivity index (χ4v) is 6.93. The van der Waals surface area contributed by atoms with Crippen LogP contribution in [0.1, 0.15) is 239 Å². The third-order valence-electron chi connectivity index (χ3n) is 10.9. The lowest BCUT2D eigenvalue weighted by molar-refractivity contribution is -0.167. The van der Waals surface area contributed by atoms with Gasteiger partial charge in [0.25, 0.3) is 0 Å². The van der Waals surface area contributed by atoms with Crippen molar-refractivity contribution >= 4 is 17.9 Å². The Hall–Kier alpha value is -3.41. The predicted molar refractivity (Wildman–Crippen MR) is 270 cm³/mol. The lowest BCUT2D eigenvalue weighted by atomic mass is 10.1. The van der Waals surface area contributed by atoms with Crippen molar-refractivity contribution in [2.75, 3.05) is 13.2 Å². The Morgan fingerprint density at radius 3 is 1.00 bits per heavy atom. The molecular formula is C57H96O6. The molecule has 0 aliphatic rings. The number of allylic oxidation sites excluding steroid dienone is 14. The van der Waals surface area contributed by atoms with Crippen LogP contribution in [0.15, 0.2) is 85.1 Å². The van der Waals surface area contributed by atoms with E-state index in [1.54, 1.807) is 0 Å². The van der Waals surface area contributed by atoms with Crippen LogP contribution in [-0.2, 0) is 28.6 Å². The first-order valence-electron chi connectivity index (χ1n) is 26.1. The molecule has 0 heterocycles. The summed E-state index contributed by atoms with van der Waals surface area (Å²) in [6, 6.07) is 0. The minimum atomic E-state index is -0.797. The molecule has 6 nitrogen and oxygen atoms in total. The molecule has 0 aliphatic carbocycles. The number of carbonyl (C=O) groups is 3. The van der Waals surface area contributed by atoms with Gasteiger partial charge in [0.2, 0.25) is 0 Å². The fourth-order valence-electron chi connectivity index (χ4n) is 6.93. The van der Waals surface area contributed by atoms with E-state index in [0.717, 1.165) is 116 Å². The van der Waals surface area contributed by atoms with E-state index in [0.29, 0.717) is 19.3 Å². The molecule has 0 aromatic rings. The molecule has 0 radical (unpaired) electrons. The molecule has 63 heavy (non-hydrogen) atoms. The molecule has 0 amide bonds. The summed E-state index contributed by atoms with van der Waals surface area (Å²) < 4.78 is 16.8. The van der Waals surface area contributed by atoms with Crippen molar-refractivity contribution in [3.05, 3.63) is 85.1 Å². The van der Waals surface area contributed by atoms with E-state index in [-0.39, 0.29) is 31.1 Å². The predicted octanol–water partition coefficient (Wildman–Crippen LogP) is 17.2. The summed E-state index contributed by atoms with van der Waals surface area (Å²) in [6.45, 7) is 6.44. The summed E-state index contributed by atoms with van der Waals surface area (Å²) in [5.41, 5.74) is 0. The second-order valence-corrected chi connectivity index (χ2v) is 17.0. The van der Waals surface area contributed by atoms with Gasteiger partial charge in [0, 0.05) is 19.3 Å². The SMILES string of the molecule is CC/C=C\C/C=C\C/C=C\C/C=C\C/C=C\CCCCCC(=O)OC[C@H](COC(=O)CCCCCCC/C=C\CCCCCC)OC(=O)CCCCCCC/C=C\CCCCCC. The van der Waals surface area contributed by atoms with Gasteiger partial charge in [0.15, 0.2) is 6.10 Å². The normalized spacial score (nSPS) is 12.7. The summed E-state index contributed by atoms with van der Waals surface area (Å²) >= 11 is 0. The largest absolute Gasteiger partial charge is 0.462 e. The molecule has 0 unspecified atom stereocenters. The van der Waals surface area contributed by atoms with Gasteiger partial charge in [-0.15, -0.1) is 0 Å². The van der Waals surface area contributed by atoms with Crippen molar-refractivity contribution in [2.45, 2.75) is 245 Å². The zero-order chi connectivity index (χ0) is 45.8. The number of ether oxygens (including phenoxy) is 3. The van der Waals surface area contributed by atoms with Crippen molar-refractivity contribution in [2.24, 2.45) is 0 Å². The maximum absolute atomic E-state index is 12.8. The Kier molecular flexibility index (Phi) is 48.5. The quantitative estimate of drug-likeness (QED) is 0.0262. The maximum Gasteiger partial charge on any atom is 0.306 e. The molecule has 0 aromatic carbocycles. The van der Waals surface area contributed by atoms with Gasteiger partial charge in [0.1, 0.15) is 13.2 Å². The highest BCUT2D eigenvalue weighted by atomic mass is 16.6. The fraction of sp³-hybridized carbons (Fsp3) is 0.702. The van der Waals surface area contributed by atoms with Crippen LogP contribution in [0.2, 0.25) is 0 Å². The Balaban J connectivity index is 4.46. The monoisotopic (exact) mass is 877 g/mol. The van der Waals surface area contributed by atoms with Crippen molar-refractivity contribution in [1.82, 2.24) is 0 Å². The minimum absolute atomic E-state index is 0.0952. The van der Waals surface area contributed by atoms with Crippen LogP contribution in [0.5, 0.6) is 0 Å². The summed E-state index contributed by atoms with van der Waals surface area (Å²) in [4.78, 5) is 38.0. The summed E-state index contributed by atoms with van der Waals surface area (Å²) in [7, 11) is 0. The number of hydrogen-bond acceptors (Lipinski definition) is 6. The van der Waals surface area contributed by atoms with Crippen LogP contribution in [0.25, 0.3) is 0 Å². The van der Waals surface area contributed by atoms with Gasteiger partial charge in [-0.25, -0.2) is 0 Å². The Labute approximate surface area is 388 Å². The maximum atomic E-state index is 12.8. The second kappa shape index (κ2) is 51.2. The van der Waals surface area contributed by atoms with Crippen molar-refractivity contribution < 1.29 is 28.6 Å². The molecule has 0 aromatic heterocycles. The second-order valence-electron chi connectivity index (χ2n) is 17.0. The smallest absolute Gasteiger partial charge is 0.306 e. The van der Waals surface area contributed by atoms with Gasteiger partial charge in [-0.3, -0.25) is 14.4 Å². The molecule has 360 valence electrons. The Morgan fingerprint density at radius 2 is 0.619 bits per heavy atom. The number of esters is 3. The van der Waals surface area contributed by atoms with E-state index in [9.17, 15) is 14.4 Å². The molecule has 6 heteroatoms. The van der Waals surface area contributed by atoms with E-state index < -0.39 is 6.10 Å². The van der Waals surface area contributed by atoms with E-state index in [1.165, 1.54) is 83.5 Å². The van der Waals surface area contributed by atoms with E-state index in [1.807, 2.05) is 0 Å². The van der Waals surface area contributed by atoms with Gasteiger partial charge in [-0.1, -0.05) is 189 Å².